The molecule has 0 aliphatic carbocycles. The topological polar surface area (TPSA) is 118 Å². The summed E-state index contributed by atoms with van der Waals surface area (Å²) in [4.78, 5) is 41.9. The minimum absolute atomic E-state index is 0.106. The summed E-state index contributed by atoms with van der Waals surface area (Å²) in [5.74, 6) is 1.37. The van der Waals surface area contributed by atoms with E-state index in [4.69, 9.17) is 4.52 Å². The molecule has 1 aliphatic heterocycles. The first-order chi connectivity index (χ1) is 13.7. The molecule has 0 unspecified atom stereocenters. The molecule has 1 fully saturated rings. The fraction of sp³-hybridized carbons (Fsp3) is 0.368. The molecular weight excluding hydrogens is 360 g/mol. The smallest absolute Gasteiger partial charge is 0.251 e. The monoisotopic (exact) mass is 380 g/mol. The summed E-state index contributed by atoms with van der Waals surface area (Å²) in [7, 11) is 0. The van der Waals surface area contributed by atoms with Gasteiger partial charge in [-0.15, -0.1) is 0 Å². The van der Waals surface area contributed by atoms with Crippen LogP contribution < -0.4 is 5.56 Å². The number of aromatic nitrogens is 5. The standard InChI is InChI=1S/C19H20N6O3/c26-17-11-15(23-19(24-17)16-12-20-7-8-21-16)13-4-9-25(10-5-13)18(27)2-1-14-3-6-22-28-14/h3,6-8,11-13H,1-2,4-5,9-10H2,(H,23,24,26). The van der Waals surface area contributed by atoms with Crippen molar-refractivity contribution in [2.75, 3.05) is 13.1 Å². The molecule has 3 aromatic heterocycles. The van der Waals surface area contributed by atoms with E-state index in [9.17, 15) is 9.59 Å². The highest BCUT2D eigenvalue weighted by Crippen LogP contribution is 2.27. The number of hydrogen-bond acceptors (Lipinski definition) is 7. The second-order valence-corrected chi connectivity index (χ2v) is 6.74. The number of nitrogens with one attached hydrogen (secondary N) is 1. The highest BCUT2D eigenvalue weighted by atomic mass is 16.5. The van der Waals surface area contributed by atoms with E-state index >= 15 is 0 Å². The van der Waals surface area contributed by atoms with Crippen molar-refractivity contribution in [3.63, 3.8) is 0 Å². The summed E-state index contributed by atoms with van der Waals surface area (Å²) in [6.07, 6.45) is 8.77. The van der Waals surface area contributed by atoms with Gasteiger partial charge in [-0.25, -0.2) is 9.97 Å². The second kappa shape index (κ2) is 8.12. The Bertz CT molecular complexity index is 978. The third kappa shape index (κ3) is 4.13. The van der Waals surface area contributed by atoms with Gasteiger partial charge in [0.2, 0.25) is 5.91 Å². The first kappa shape index (κ1) is 18.0. The van der Waals surface area contributed by atoms with Crippen LogP contribution in [0.4, 0.5) is 0 Å². The van der Waals surface area contributed by atoms with Crippen LogP contribution in [-0.2, 0) is 11.2 Å². The van der Waals surface area contributed by atoms with Crippen molar-refractivity contribution in [2.24, 2.45) is 0 Å². The predicted octanol–water partition coefficient (Wildman–Crippen LogP) is 1.55. The Morgan fingerprint density at radius 1 is 1.25 bits per heavy atom. The van der Waals surface area contributed by atoms with Crippen molar-refractivity contribution < 1.29 is 9.32 Å². The van der Waals surface area contributed by atoms with Crippen LogP contribution in [-0.4, -0.2) is 49.0 Å². The molecule has 0 saturated carbocycles. The summed E-state index contributed by atoms with van der Waals surface area (Å²) in [5.41, 5.74) is 1.05. The van der Waals surface area contributed by atoms with Crippen LogP contribution in [0.1, 0.15) is 36.6 Å². The van der Waals surface area contributed by atoms with Crippen LogP contribution in [0.25, 0.3) is 11.5 Å². The number of aryl methyl sites for hydroxylation is 1. The van der Waals surface area contributed by atoms with E-state index in [1.165, 1.54) is 6.07 Å². The van der Waals surface area contributed by atoms with Gasteiger partial charge in [0.25, 0.3) is 5.56 Å². The molecule has 4 rings (SSSR count). The summed E-state index contributed by atoms with van der Waals surface area (Å²) in [6.45, 7) is 1.30. The third-order valence-corrected chi connectivity index (χ3v) is 4.91. The van der Waals surface area contributed by atoms with Crippen molar-refractivity contribution >= 4 is 5.91 Å². The second-order valence-electron chi connectivity index (χ2n) is 6.74. The molecule has 144 valence electrons. The first-order valence-electron chi connectivity index (χ1n) is 9.24. The van der Waals surface area contributed by atoms with Crippen molar-refractivity contribution in [2.45, 2.75) is 31.6 Å². The van der Waals surface area contributed by atoms with Crippen LogP contribution in [0, 0.1) is 0 Å². The number of piperidine rings is 1. The summed E-state index contributed by atoms with van der Waals surface area (Å²) < 4.78 is 5.03. The zero-order valence-electron chi connectivity index (χ0n) is 15.2. The van der Waals surface area contributed by atoms with Gasteiger partial charge in [0.1, 0.15) is 11.5 Å². The molecule has 28 heavy (non-hydrogen) atoms. The maximum Gasteiger partial charge on any atom is 0.251 e. The Kier molecular flexibility index (Phi) is 5.22. The van der Waals surface area contributed by atoms with Crippen LogP contribution in [0.2, 0.25) is 0 Å². The van der Waals surface area contributed by atoms with Crippen molar-refractivity contribution in [3.8, 4) is 11.5 Å². The Labute approximate surface area is 160 Å². The fourth-order valence-corrected chi connectivity index (χ4v) is 3.41. The number of H-pyrrole nitrogens is 1. The number of aromatic amines is 1. The van der Waals surface area contributed by atoms with E-state index in [1.807, 2.05) is 4.90 Å². The maximum atomic E-state index is 12.4. The number of nitrogens with zero attached hydrogens (tertiary/aromatic N) is 5. The number of rotatable bonds is 5. The van der Waals surface area contributed by atoms with E-state index in [1.54, 1.807) is 30.9 Å². The van der Waals surface area contributed by atoms with Crippen molar-refractivity contribution in [3.05, 3.63) is 58.7 Å². The molecule has 9 heteroatoms. The van der Waals surface area contributed by atoms with E-state index in [0.29, 0.717) is 43.2 Å². The Hall–Kier alpha value is -3.36. The molecule has 1 amide bonds. The molecule has 0 atom stereocenters. The van der Waals surface area contributed by atoms with E-state index in [2.05, 4.69) is 25.1 Å². The lowest BCUT2D eigenvalue weighted by Gasteiger charge is -2.31. The largest absolute Gasteiger partial charge is 0.361 e. The Morgan fingerprint density at radius 3 is 2.82 bits per heavy atom. The molecule has 1 N–H and O–H groups in total. The van der Waals surface area contributed by atoms with Crippen LogP contribution in [0.15, 0.2) is 46.2 Å². The molecule has 0 radical (unpaired) electrons. The van der Waals surface area contributed by atoms with E-state index < -0.39 is 0 Å². The van der Waals surface area contributed by atoms with E-state index in [0.717, 1.165) is 18.5 Å². The molecule has 0 bridgehead atoms. The van der Waals surface area contributed by atoms with E-state index in [-0.39, 0.29) is 17.4 Å². The van der Waals surface area contributed by atoms with Gasteiger partial charge in [-0.05, 0) is 12.8 Å². The van der Waals surface area contributed by atoms with Gasteiger partial charge in [-0.1, -0.05) is 5.16 Å². The molecular formula is C19H20N6O3. The summed E-state index contributed by atoms with van der Waals surface area (Å²) in [6, 6.07) is 3.30. The van der Waals surface area contributed by atoms with Crippen molar-refractivity contribution in [1.82, 2.24) is 30.0 Å². The molecule has 1 saturated heterocycles. The highest BCUT2D eigenvalue weighted by molar-refractivity contribution is 5.76. The van der Waals surface area contributed by atoms with Gasteiger partial charge >= 0.3 is 0 Å². The fourth-order valence-electron chi connectivity index (χ4n) is 3.41. The van der Waals surface area contributed by atoms with Crippen LogP contribution in [0.5, 0.6) is 0 Å². The average Bonchev–Trinajstić information content (AvgIpc) is 3.26. The zero-order chi connectivity index (χ0) is 19.3. The normalized spacial score (nSPS) is 14.9. The number of hydrogen-bond donors (Lipinski definition) is 1. The van der Waals surface area contributed by atoms with Gasteiger partial charge in [0.15, 0.2) is 5.82 Å². The average molecular weight is 380 g/mol. The molecule has 1 aliphatic rings. The third-order valence-electron chi connectivity index (χ3n) is 4.91. The zero-order valence-corrected chi connectivity index (χ0v) is 15.2. The minimum Gasteiger partial charge on any atom is -0.361 e. The number of carbonyl (C=O) groups is 1. The molecule has 4 heterocycles. The van der Waals surface area contributed by atoms with Gasteiger partial charge < -0.3 is 14.4 Å². The molecule has 0 aromatic carbocycles. The summed E-state index contributed by atoms with van der Waals surface area (Å²) in [5, 5.41) is 3.65. The quantitative estimate of drug-likeness (QED) is 0.713. The Morgan fingerprint density at radius 2 is 2.11 bits per heavy atom. The van der Waals surface area contributed by atoms with Gasteiger partial charge in [0.05, 0.1) is 18.1 Å². The van der Waals surface area contributed by atoms with Gasteiger partial charge in [-0.2, -0.15) is 0 Å². The van der Waals surface area contributed by atoms with Crippen LogP contribution in [0.3, 0.4) is 0 Å². The molecule has 3 aromatic rings. The highest BCUT2D eigenvalue weighted by Gasteiger charge is 2.25. The Balaban J connectivity index is 1.39. The predicted molar refractivity (Wildman–Crippen MR) is 99.3 cm³/mol. The van der Waals surface area contributed by atoms with Gasteiger partial charge in [0, 0.05) is 56.4 Å². The number of amides is 1. The maximum absolute atomic E-state index is 12.4. The first-order valence-corrected chi connectivity index (χ1v) is 9.24. The lowest BCUT2D eigenvalue weighted by atomic mass is 9.93. The van der Waals surface area contributed by atoms with Gasteiger partial charge in [-0.3, -0.25) is 14.6 Å². The lowest BCUT2D eigenvalue weighted by molar-refractivity contribution is -0.132. The summed E-state index contributed by atoms with van der Waals surface area (Å²) >= 11 is 0. The molecule has 0 spiro atoms. The molecule has 9 nitrogen and oxygen atoms in total. The SMILES string of the molecule is O=C(CCc1ccno1)N1CCC(c2cc(=O)[nH]c(-c3cnccn3)n2)CC1. The lowest BCUT2D eigenvalue weighted by Crippen LogP contribution is -2.38. The minimum atomic E-state index is -0.212. The number of carbonyl (C=O) groups excluding carboxylic acids is 1. The van der Waals surface area contributed by atoms with Crippen molar-refractivity contribution in [1.29, 1.82) is 0 Å². The van der Waals surface area contributed by atoms with Crippen LogP contribution >= 0.6 is 0 Å². The number of likely N-dealkylation sites (tertiary alicyclic amines) is 1.